The minimum Gasteiger partial charge on any atom is -0.266 e. The summed E-state index contributed by atoms with van der Waals surface area (Å²) in [4.78, 5) is 4.92. The van der Waals surface area contributed by atoms with E-state index in [4.69, 9.17) is 17.2 Å². The molecule has 4 aromatic heterocycles. The Kier molecular flexibility index (Phi) is 4.81. The van der Waals surface area contributed by atoms with Gasteiger partial charge in [0.2, 0.25) is 0 Å². The number of aromatic nitrogens is 8. The van der Waals surface area contributed by atoms with E-state index in [1.54, 1.807) is 0 Å². The summed E-state index contributed by atoms with van der Waals surface area (Å²) in [7, 11) is 1.94. The van der Waals surface area contributed by atoms with Crippen molar-refractivity contribution in [3.63, 3.8) is 0 Å². The fraction of sp³-hybridized carbons (Fsp3) is 0.261. The molecule has 0 spiro atoms. The Labute approximate surface area is 203 Å². The maximum atomic E-state index is 5.63. The largest absolute Gasteiger partial charge is 0.266 e. The predicted octanol–water partition coefficient (Wildman–Crippen LogP) is 5.07. The Morgan fingerprint density at radius 1 is 1.21 bits per heavy atom. The summed E-state index contributed by atoms with van der Waals surface area (Å²) in [6, 6.07) is 10.4. The first-order valence-corrected chi connectivity index (χ1v) is 12.0. The number of pyridine rings is 1. The van der Waals surface area contributed by atoms with Gasteiger partial charge in [-0.2, -0.15) is 15.3 Å². The van der Waals surface area contributed by atoms with E-state index in [0.29, 0.717) is 17.2 Å². The van der Waals surface area contributed by atoms with Gasteiger partial charge in [-0.1, -0.05) is 28.1 Å². The van der Waals surface area contributed by atoms with Crippen molar-refractivity contribution < 1.29 is 0 Å². The Bertz CT molecular complexity index is 1550. The van der Waals surface area contributed by atoms with Crippen LogP contribution in [0.5, 0.6) is 0 Å². The SMILES string of the molecule is Cc1nn(C)c2nc(C3CC3)cc(-c3n[nH]c(=S)n3-c3cnn(Cc4ccc(Br)cc4)c3)c12. The molecule has 1 aliphatic carbocycles. The first-order valence-electron chi connectivity index (χ1n) is 10.8. The summed E-state index contributed by atoms with van der Waals surface area (Å²) in [5.41, 5.74) is 5.90. The molecule has 0 atom stereocenters. The molecule has 0 unspecified atom stereocenters. The lowest BCUT2D eigenvalue weighted by molar-refractivity contribution is 0.686. The van der Waals surface area contributed by atoms with E-state index in [-0.39, 0.29) is 0 Å². The van der Waals surface area contributed by atoms with Crippen LogP contribution in [0.15, 0.2) is 47.2 Å². The lowest BCUT2D eigenvalue weighted by Gasteiger charge is -2.09. The van der Waals surface area contributed by atoms with E-state index >= 15 is 0 Å². The highest BCUT2D eigenvalue weighted by Gasteiger charge is 2.28. The van der Waals surface area contributed by atoms with Crippen molar-refractivity contribution in [1.29, 1.82) is 0 Å². The average molecular weight is 521 g/mol. The highest BCUT2D eigenvalue weighted by atomic mass is 79.9. The molecule has 166 valence electrons. The zero-order valence-electron chi connectivity index (χ0n) is 18.2. The van der Waals surface area contributed by atoms with E-state index in [9.17, 15) is 0 Å². The van der Waals surface area contributed by atoms with Crippen molar-refractivity contribution >= 4 is 39.2 Å². The molecule has 10 heteroatoms. The Balaban J connectivity index is 1.46. The van der Waals surface area contributed by atoms with Crippen molar-refractivity contribution in [2.45, 2.75) is 32.2 Å². The summed E-state index contributed by atoms with van der Waals surface area (Å²) in [5.74, 6) is 1.25. The number of hydrogen-bond acceptors (Lipinski definition) is 5. The molecule has 0 bridgehead atoms. The number of rotatable bonds is 5. The van der Waals surface area contributed by atoms with Gasteiger partial charge in [0.15, 0.2) is 16.2 Å². The Morgan fingerprint density at radius 2 is 2.00 bits per heavy atom. The molecular formula is C23H21BrN8S. The molecule has 0 amide bonds. The number of nitrogens with zero attached hydrogens (tertiary/aromatic N) is 7. The molecule has 1 saturated carbocycles. The highest BCUT2D eigenvalue weighted by Crippen LogP contribution is 2.42. The summed E-state index contributed by atoms with van der Waals surface area (Å²) >= 11 is 9.11. The van der Waals surface area contributed by atoms with Crippen LogP contribution in [0.1, 0.15) is 35.7 Å². The quantitative estimate of drug-likeness (QED) is 0.327. The summed E-state index contributed by atoms with van der Waals surface area (Å²) in [6.45, 7) is 2.67. The smallest absolute Gasteiger partial charge is 0.200 e. The molecule has 1 fully saturated rings. The number of fused-ring (bicyclic) bond motifs is 1. The second-order valence-electron chi connectivity index (χ2n) is 8.49. The normalized spacial score (nSPS) is 13.8. The molecule has 0 saturated heterocycles. The zero-order valence-corrected chi connectivity index (χ0v) is 20.6. The lowest BCUT2D eigenvalue weighted by Crippen LogP contribution is -2.01. The summed E-state index contributed by atoms with van der Waals surface area (Å²) < 4.78 is 7.28. The minimum absolute atomic E-state index is 0.507. The molecule has 0 aliphatic heterocycles. The van der Waals surface area contributed by atoms with Gasteiger partial charge < -0.3 is 0 Å². The number of nitrogens with one attached hydrogen (secondary N) is 1. The first kappa shape index (κ1) is 20.5. The highest BCUT2D eigenvalue weighted by molar-refractivity contribution is 9.10. The van der Waals surface area contributed by atoms with Crippen LogP contribution in [0.3, 0.4) is 0 Å². The van der Waals surface area contributed by atoms with Crippen LogP contribution in [-0.4, -0.2) is 39.3 Å². The zero-order chi connectivity index (χ0) is 22.7. The molecule has 1 aliphatic rings. The standard InChI is InChI=1S/C23H21BrN8S/c1-13-20-18(9-19(15-5-6-15)26-22(20)30(2)29-13)21-27-28-23(33)32(21)17-10-25-31(12-17)11-14-3-7-16(24)8-4-14/h3-4,7-10,12,15H,5-6,11H2,1-2H3,(H,28,33). The van der Waals surface area contributed by atoms with Crippen molar-refractivity contribution in [3.05, 3.63) is 68.9 Å². The fourth-order valence-corrected chi connectivity index (χ4v) is 4.78. The first-order chi connectivity index (χ1) is 16.0. The van der Waals surface area contributed by atoms with E-state index in [2.05, 4.69) is 54.5 Å². The molecule has 6 rings (SSSR count). The minimum atomic E-state index is 0.507. The number of benzene rings is 1. The Morgan fingerprint density at radius 3 is 2.76 bits per heavy atom. The molecule has 1 aromatic carbocycles. The van der Waals surface area contributed by atoms with Crippen LogP contribution in [0.25, 0.3) is 28.1 Å². The van der Waals surface area contributed by atoms with Gasteiger partial charge in [-0.05, 0) is 55.7 Å². The second kappa shape index (κ2) is 7.74. The third kappa shape index (κ3) is 3.63. The predicted molar refractivity (Wildman–Crippen MR) is 132 cm³/mol. The number of H-pyrrole nitrogens is 1. The molecule has 8 nitrogen and oxygen atoms in total. The van der Waals surface area contributed by atoms with Gasteiger partial charge in [0.05, 0.1) is 29.5 Å². The third-order valence-electron chi connectivity index (χ3n) is 6.03. The van der Waals surface area contributed by atoms with E-state index in [1.807, 2.05) is 52.4 Å². The van der Waals surface area contributed by atoms with Crippen LogP contribution in [-0.2, 0) is 13.6 Å². The molecular weight excluding hydrogens is 500 g/mol. The van der Waals surface area contributed by atoms with Crippen LogP contribution >= 0.6 is 28.1 Å². The van der Waals surface area contributed by atoms with Crippen LogP contribution in [0.2, 0.25) is 0 Å². The van der Waals surface area contributed by atoms with Crippen LogP contribution in [0.4, 0.5) is 0 Å². The molecule has 5 aromatic rings. The average Bonchev–Trinajstić information content (AvgIpc) is 3.34. The van der Waals surface area contributed by atoms with Gasteiger partial charge in [-0.15, -0.1) is 0 Å². The number of aryl methyl sites for hydroxylation is 2. The van der Waals surface area contributed by atoms with Crippen molar-refractivity contribution in [2.24, 2.45) is 7.05 Å². The van der Waals surface area contributed by atoms with Gasteiger partial charge in [0, 0.05) is 34.9 Å². The van der Waals surface area contributed by atoms with Crippen molar-refractivity contribution in [2.75, 3.05) is 0 Å². The van der Waals surface area contributed by atoms with Gasteiger partial charge in [-0.25, -0.2) is 4.98 Å². The third-order valence-corrected chi connectivity index (χ3v) is 6.84. The summed E-state index contributed by atoms with van der Waals surface area (Å²) in [5, 5.41) is 17.8. The van der Waals surface area contributed by atoms with Gasteiger partial charge >= 0.3 is 0 Å². The topological polar surface area (TPSA) is 82.1 Å². The summed E-state index contributed by atoms with van der Waals surface area (Å²) in [6.07, 6.45) is 6.16. The number of aromatic amines is 1. The maximum absolute atomic E-state index is 5.63. The van der Waals surface area contributed by atoms with Crippen LogP contribution in [0, 0.1) is 11.7 Å². The van der Waals surface area contributed by atoms with E-state index in [1.165, 1.54) is 18.4 Å². The molecule has 0 radical (unpaired) electrons. The fourth-order valence-electron chi connectivity index (χ4n) is 4.28. The van der Waals surface area contributed by atoms with Gasteiger partial charge in [0.1, 0.15) is 0 Å². The maximum Gasteiger partial charge on any atom is 0.200 e. The molecule has 4 heterocycles. The molecule has 33 heavy (non-hydrogen) atoms. The van der Waals surface area contributed by atoms with E-state index < -0.39 is 0 Å². The van der Waals surface area contributed by atoms with Crippen molar-refractivity contribution in [3.8, 4) is 17.1 Å². The van der Waals surface area contributed by atoms with Crippen LogP contribution < -0.4 is 0 Å². The monoisotopic (exact) mass is 520 g/mol. The molecule has 1 N–H and O–H groups in total. The Hall–Kier alpha value is -3.11. The van der Waals surface area contributed by atoms with E-state index in [0.717, 1.165) is 44.0 Å². The van der Waals surface area contributed by atoms with Gasteiger partial charge in [-0.3, -0.25) is 19.0 Å². The number of halogens is 1. The lowest BCUT2D eigenvalue weighted by atomic mass is 10.1. The van der Waals surface area contributed by atoms with Gasteiger partial charge in [0.25, 0.3) is 0 Å². The number of hydrogen-bond donors (Lipinski definition) is 1. The van der Waals surface area contributed by atoms with Crippen molar-refractivity contribution in [1.82, 2.24) is 39.3 Å². The second-order valence-corrected chi connectivity index (χ2v) is 9.79.